The molecule has 0 unspecified atom stereocenters. The summed E-state index contributed by atoms with van der Waals surface area (Å²) < 4.78 is 43.0. The zero-order chi connectivity index (χ0) is 27.9. The van der Waals surface area contributed by atoms with Gasteiger partial charge in [-0.25, -0.2) is 18.0 Å². The lowest BCUT2D eigenvalue weighted by Crippen LogP contribution is -2.38. The molecule has 0 heterocycles. The van der Waals surface area contributed by atoms with Crippen LogP contribution in [0.1, 0.15) is 33.2 Å². The second kappa shape index (κ2) is 12.2. The van der Waals surface area contributed by atoms with Crippen molar-refractivity contribution in [2.75, 3.05) is 37.0 Å². The van der Waals surface area contributed by atoms with Gasteiger partial charge in [0.15, 0.2) is 0 Å². The Bertz CT molecular complexity index is 1380. The van der Waals surface area contributed by atoms with Gasteiger partial charge in [0.25, 0.3) is 10.0 Å². The second-order valence-electron chi connectivity index (χ2n) is 8.08. The molecule has 0 atom stereocenters. The number of anilines is 2. The Morgan fingerprint density at radius 3 is 1.89 bits per heavy atom. The lowest BCUT2D eigenvalue weighted by molar-refractivity contribution is -0.114. The van der Waals surface area contributed by atoms with Crippen molar-refractivity contribution in [2.24, 2.45) is 0 Å². The van der Waals surface area contributed by atoms with Gasteiger partial charge in [-0.2, -0.15) is 0 Å². The molecular weight excluding hydrogens is 512 g/mol. The van der Waals surface area contributed by atoms with E-state index in [4.69, 9.17) is 14.2 Å². The summed E-state index contributed by atoms with van der Waals surface area (Å²) >= 11 is 0. The standard InChI is InChI=1S/C27H28N2O8S/c1-5-37-23-10-8-22(9-11-23)29(38(33,34)24-12-6-18(2)7-13-24)17-25(30)28-21-15-19(26(31)35-3)14-20(16-21)27(32)36-4/h6-16H,5,17H2,1-4H3,(H,28,30). The molecule has 11 heteroatoms. The van der Waals surface area contributed by atoms with Crippen molar-refractivity contribution in [2.45, 2.75) is 18.7 Å². The van der Waals surface area contributed by atoms with E-state index in [2.05, 4.69) is 5.32 Å². The molecule has 0 radical (unpaired) electrons. The first-order valence-corrected chi connectivity index (χ1v) is 13.0. The molecule has 0 aliphatic rings. The first kappa shape index (κ1) is 28.2. The van der Waals surface area contributed by atoms with Crippen LogP contribution in [0.4, 0.5) is 11.4 Å². The van der Waals surface area contributed by atoms with E-state index < -0.39 is 34.4 Å². The van der Waals surface area contributed by atoms with Crippen LogP contribution in [-0.2, 0) is 24.3 Å². The molecule has 0 fully saturated rings. The van der Waals surface area contributed by atoms with Gasteiger partial charge in [0.05, 0.1) is 42.5 Å². The van der Waals surface area contributed by atoms with Crippen LogP contribution in [0.15, 0.2) is 71.6 Å². The van der Waals surface area contributed by atoms with E-state index in [1.165, 1.54) is 56.7 Å². The number of hydrogen-bond acceptors (Lipinski definition) is 8. The molecule has 3 aromatic carbocycles. The number of carbonyl (C=O) groups excluding carboxylic acids is 3. The molecule has 3 rings (SSSR count). The maximum Gasteiger partial charge on any atom is 0.337 e. The minimum atomic E-state index is -4.15. The Kier molecular flexibility index (Phi) is 9.08. The smallest absolute Gasteiger partial charge is 0.337 e. The van der Waals surface area contributed by atoms with Crippen molar-refractivity contribution in [3.63, 3.8) is 0 Å². The van der Waals surface area contributed by atoms with Gasteiger partial charge < -0.3 is 19.5 Å². The van der Waals surface area contributed by atoms with Crippen LogP contribution in [0.3, 0.4) is 0 Å². The summed E-state index contributed by atoms with van der Waals surface area (Å²) in [6, 6.07) is 16.4. The number of amides is 1. The largest absolute Gasteiger partial charge is 0.494 e. The Balaban J connectivity index is 1.97. The number of benzene rings is 3. The summed E-state index contributed by atoms with van der Waals surface area (Å²) in [4.78, 5) is 37.3. The van der Waals surface area contributed by atoms with Gasteiger partial charge in [-0.1, -0.05) is 17.7 Å². The second-order valence-corrected chi connectivity index (χ2v) is 9.94. The SMILES string of the molecule is CCOc1ccc(N(CC(=O)Nc2cc(C(=O)OC)cc(C(=O)OC)c2)S(=O)(=O)c2ccc(C)cc2)cc1. The fourth-order valence-corrected chi connectivity index (χ4v) is 4.95. The maximum absolute atomic E-state index is 13.6. The van der Waals surface area contributed by atoms with Crippen molar-refractivity contribution >= 4 is 39.2 Å². The Morgan fingerprint density at radius 1 is 0.842 bits per heavy atom. The number of carbonyl (C=O) groups is 3. The van der Waals surface area contributed by atoms with Gasteiger partial charge in [0.1, 0.15) is 12.3 Å². The van der Waals surface area contributed by atoms with Crippen LogP contribution >= 0.6 is 0 Å². The predicted molar refractivity (Wildman–Crippen MR) is 141 cm³/mol. The third-order valence-electron chi connectivity index (χ3n) is 5.39. The van der Waals surface area contributed by atoms with Gasteiger partial charge in [-0.05, 0) is 68.4 Å². The van der Waals surface area contributed by atoms with Crippen LogP contribution in [0.2, 0.25) is 0 Å². The first-order chi connectivity index (χ1) is 18.1. The van der Waals surface area contributed by atoms with Crippen molar-refractivity contribution in [1.82, 2.24) is 0 Å². The van der Waals surface area contributed by atoms with Gasteiger partial charge in [-0.3, -0.25) is 9.10 Å². The van der Waals surface area contributed by atoms with Crippen LogP contribution in [0.25, 0.3) is 0 Å². The molecule has 0 bridgehead atoms. The van der Waals surface area contributed by atoms with E-state index in [0.717, 1.165) is 9.87 Å². The van der Waals surface area contributed by atoms with Gasteiger partial charge in [-0.15, -0.1) is 0 Å². The zero-order valence-electron chi connectivity index (χ0n) is 21.4. The van der Waals surface area contributed by atoms with E-state index >= 15 is 0 Å². The third kappa shape index (κ3) is 6.68. The number of methoxy groups -OCH3 is 2. The molecule has 0 spiro atoms. The number of nitrogens with one attached hydrogen (secondary N) is 1. The first-order valence-electron chi connectivity index (χ1n) is 11.5. The number of esters is 2. The van der Waals surface area contributed by atoms with Crippen molar-refractivity contribution in [3.8, 4) is 5.75 Å². The number of rotatable bonds is 10. The Labute approximate surface area is 221 Å². The van der Waals surface area contributed by atoms with Crippen molar-refractivity contribution in [3.05, 3.63) is 83.4 Å². The molecule has 38 heavy (non-hydrogen) atoms. The Hall–Kier alpha value is -4.38. The maximum atomic E-state index is 13.6. The summed E-state index contributed by atoms with van der Waals surface area (Å²) in [7, 11) is -1.80. The predicted octanol–water partition coefficient (Wildman–Crippen LogP) is 3.80. The quantitative estimate of drug-likeness (QED) is 0.385. The van der Waals surface area contributed by atoms with Crippen LogP contribution in [0.5, 0.6) is 5.75 Å². The van der Waals surface area contributed by atoms with E-state index in [1.54, 1.807) is 24.3 Å². The molecule has 200 valence electrons. The fraction of sp³-hybridized carbons (Fsp3) is 0.222. The highest BCUT2D eigenvalue weighted by molar-refractivity contribution is 7.92. The Morgan fingerprint density at radius 2 is 1.39 bits per heavy atom. The monoisotopic (exact) mass is 540 g/mol. The topological polar surface area (TPSA) is 128 Å². The minimum Gasteiger partial charge on any atom is -0.494 e. The van der Waals surface area contributed by atoms with Gasteiger partial charge >= 0.3 is 11.9 Å². The van der Waals surface area contributed by atoms with E-state index in [9.17, 15) is 22.8 Å². The average Bonchev–Trinajstić information content (AvgIpc) is 2.91. The highest BCUT2D eigenvalue weighted by Crippen LogP contribution is 2.26. The number of aryl methyl sites for hydroxylation is 1. The molecule has 0 saturated heterocycles. The normalized spacial score (nSPS) is 10.8. The van der Waals surface area contributed by atoms with E-state index in [1.807, 2.05) is 13.8 Å². The molecule has 0 aliphatic carbocycles. The number of sulfonamides is 1. The zero-order valence-corrected chi connectivity index (χ0v) is 22.2. The minimum absolute atomic E-state index is 0.00125. The van der Waals surface area contributed by atoms with Gasteiger partial charge in [0.2, 0.25) is 5.91 Å². The number of hydrogen-bond donors (Lipinski definition) is 1. The summed E-state index contributed by atoms with van der Waals surface area (Å²) in [5.74, 6) is -1.64. The lowest BCUT2D eigenvalue weighted by Gasteiger charge is -2.24. The van der Waals surface area contributed by atoms with Gasteiger partial charge in [0, 0.05) is 5.69 Å². The number of nitrogens with zero attached hydrogens (tertiary/aromatic N) is 1. The van der Waals surface area contributed by atoms with E-state index in [-0.39, 0.29) is 27.4 Å². The summed E-state index contributed by atoms with van der Waals surface area (Å²) in [6.07, 6.45) is 0. The summed E-state index contributed by atoms with van der Waals surface area (Å²) in [6.45, 7) is 3.50. The molecule has 3 aromatic rings. The molecule has 0 saturated carbocycles. The highest BCUT2D eigenvalue weighted by Gasteiger charge is 2.27. The molecule has 0 aromatic heterocycles. The van der Waals surface area contributed by atoms with Crippen LogP contribution < -0.4 is 14.4 Å². The molecule has 1 amide bonds. The van der Waals surface area contributed by atoms with Crippen LogP contribution in [-0.4, -0.2) is 53.6 Å². The average molecular weight is 541 g/mol. The van der Waals surface area contributed by atoms with Crippen molar-refractivity contribution in [1.29, 1.82) is 0 Å². The fourth-order valence-electron chi connectivity index (χ4n) is 3.53. The van der Waals surface area contributed by atoms with Crippen LogP contribution in [0, 0.1) is 6.92 Å². The number of ether oxygens (including phenoxy) is 3. The highest BCUT2D eigenvalue weighted by atomic mass is 32.2. The molecule has 10 nitrogen and oxygen atoms in total. The van der Waals surface area contributed by atoms with E-state index in [0.29, 0.717) is 12.4 Å². The summed E-state index contributed by atoms with van der Waals surface area (Å²) in [5, 5.41) is 2.56. The third-order valence-corrected chi connectivity index (χ3v) is 7.18. The summed E-state index contributed by atoms with van der Waals surface area (Å²) in [5.41, 5.74) is 1.20. The molecule has 1 N–H and O–H groups in total. The van der Waals surface area contributed by atoms with Crippen molar-refractivity contribution < 1.29 is 37.0 Å². The lowest BCUT2D eigenvalue weighted by atomic mass is 10.1. The molecular formula is C27H28N2O8S. The molecule has 0 aliphatic heterocycles.